The van der Waals surface area contributed by atoms with E-state index in [0.717, 1.165) is 5.56 Å². The number of nitrogens with one attached hydrogen (secondary N) is 1. The van der Waals surface area contributed by atoms with Crippen LogP contribution in [0.2, 0.25) is 5.82 Å². The number of amides is 1. The van der Waals surface area contributed by atoms with Gasteiger partial charge in [0.1, 0.15) is 23.8 Å². The molecule has 2 aliphatic heterocycles. The first-order valence-corrected chi connectivity index (χ1v) is 13.8. The highest BCUT2D eigenvalue weighted by Gasteiger charge is 2.48. The maximum atomic E-state index is 13.5. The number of hydrogen-bond acceptors (Lipinski definition) is 10. The number of fused-ring (bicyclic) bond motifs is 2. The van der Waals surface area contributed by atoms with Crippen molar-refractivity contribution in [1.29, 1.82) is 0 Å². The van der Waals surface area contributed by atoms with Gasteiger partial charge in [0.15, 0.2) is 5.78 Å². The molecule has 1 aromatic heterocycles. The Balaban J connectivity index is 1.51. The highest BCUT2D eigenvalue weighted by atomic mass is 16.6. The first kappa shape index (κ1) is 30.4. The van der Waals surface area contributed by atoms with Crippen molar-refractivity contribution in [2.24, 2.45) is 5.92 Å². The van der Waals surface area contributed by atoms with Gasteiger partial charge in [0.2, 0.25) is 0 Å². The van der Waals surface area contributed by atoms with Crippen LogP contribution < -0.4 is 5.32 Å². The van der Waals surface area contributed by atoms with Gasteiger partial charge in [-0.2, -0.15) is 0 Å². The summed E-state index contributed by atoms with van der Waals surface area (Å²) in [6.45, 7) is 5.42. The van der Waals surface area contributed by atoms with Gasteiger partial charge < -0.3 is 24.5 Å². The molecule has 2 fully saturated rings. The summed E-state index contributed by atoms with van der Waals surface area (Å²) in [7, 11) is 0.337. The lowest BCUT2D eigenvalue weighted by Gasteiger charge is -2.40. The Bertz CT molecular complexity index is 1230. The van der Waals surface area contributed by atoms with E-state index in [-0.39, 0.29) is 31.2 Å². The molecule has 1 amide bonds. The van der Waals surface area contributed by atoms with Crippen molar-refractivity contribution in [3.63, 3.8) is 0 Å². The fourth-order valence-electron chi connectivity index (χ4n) is 5.11. The minimum atomic E-state index is -1.30. The van der Waals surface area contributed by atoms with Gasteiger partial charge in [-0.15, -0.1) is 0 Å². The molecule has 11 nitrogen and oxygen atoms in total. The molecule has 1 aromatic carbocycles. The van der Waals surface area contributed by atoms with E-state index in [1.54, 1.807) is 24.1 Å². The number of nitrogens with zero attached hydrogens (tertiary/aromatic N) is 2. The molecule has 0 radical (unpaired) electrons. The van der Waals surface area contributed by atoms with Gasteiger partial charge in [-0.25, -0.2) is 4.98 Å². The van der Waals surface area contributed by atoms with Crippen molar-refractivity contribution in [3.8, 4) is 11.3 Å². The van der Waals surface area contributed by atoms with Crippen molar-refractivity contribution >= 4 is 30.7 Å². The second kappa shape index (κ2) is 13.4. The lowest BCUT2D eigenvalue weighted by atomic mass is 9.64. The topological polar surface area (TPSA) is 144 Å². The van der Waals surface area contributed by atoms with Crippen LogP contribution in [0.3, 0.4) is 0 Å². The van der Waals surface area contributed by atoms with Gasteiger partial charge in [-0.3, -0.25) is 24.1 Å². The minimum absolute atomic E-state index is 0.0608. The second-order valence-electron chi connectivity index (χ2n) is 11.0. The van der Waals surface area contributed by atoms with Gasteiger partial charge in [0.25, 0.3) is 5.91 Å². The molecule has 41 heavy (non-hydrogen) atoms. The molecule has 5 atom stereocenters. The van der Waals surface area contributed by atoms with Gasteiger partial charge in [0.05, 0.1) is 25.0 Å². The third-order valence-electron chi connectivity index (χ3n) is 7.33. The van der Waals surface area contributed by atoms with E-state index in [2.05, 4.69) is 10.3 Å². The van der Waals surface area contributed by atoms with E-state index in [0.29, 0.717) is 12.1 Å². The third-order valence-corrected chi connectivity index (χ3v) is 7.33. The number of rotatable bonds is 10. The summed E-state index contributed by atoms with van der Waals surface area (Å²) in [6, 6.07) is 11.5. The minimum Gasteiger partial charge on any atom is -0.498 e. The Hall–Kier alpha value is -3.61. The predicted molar refractivity (Wildman–Crippen MR) is 150 cm³/mol. The molecular formula is C29H36BN3O8. The van der Waals surface area contributed by atoms with Crippen LogP contribution in [0.1, 0.15) is 44.1 Å². The number of likely N-dealkylation sites (N-methyl/N-ethyl adjacent to an activating group) is 1. The Labute approximate surface area is 239 Å². The van der Waals surface area contributed by atoms with Crippen LogP contribution in [0.4, 0.5) is 0 Å². The molecule has 4 rings (SSSR count). The molecule has 2 N–H and O–H groups in total. The van der Waals surface area contributed by atoms with E-state index >= 15 is 0 Å². The standard InChI is InChI=1S/C29H36BN3O8/c1-17(2)13-20(30-40-28(37)23-15-39-16-24(33(23)4)29(38)41-30)14-25(35)26(18(3)34)32-27(36)22-12-8-11-21(31-22)19-9-6-5-7-10-19/h5-12,17-18,20,23-24,26,34H,13-16H2,1-4H3,(H,32,36)/t18-,20-,23-,24-,26+/m1/s1. The van der Waals surface area contributed by atoms with Gasteiger partial charge in [0, 0.05) is 17.8 Å². The van der Waals surface area contributed by atoms with Crippen LogP contribution in [0.5, 0.6) is 0 Å². The number of hydrogen-bond donors (Lipinski definition) is 2. The van der Waals surface area contributed by atoms with Crippen molar-refractivity contribution in [3.05, 3.63) is 54.2 Å². The van der Waals surface area contributed by atoms with Crippen LogP contribution in [0.25, 0.3) is 11.3 Å². The summed E-state index contributed by atoms with van der Waals surface area (Å²) < 4.78 is 16.6. The zero-order chi connectivity index (χ0) is 29.7. The molecular weight excluding hydrogens is 529 g/mol. The predicted octanol–water partition coefficient (Wildman–Crippen LogP) is 1.89. The van der Waals surface area contributed by atoms with Gasteiger partial charge in [-0.05, 0) is 38.4 Å². The number of aliphatic hydroxyl groups excluding tert-OH is 1. The van der Waals surface area contributed by atoms with Crippen LogP contribution in [-0.2, 0) is 28.4 Å². The Morgan fingerprint density at radius 1 is 1.02 bits per heavy atom. The third kappa shape index (κ3) is 7.38. The zero-order valence-electron chi connectivity index (χ0n) is 23.7. The Kier molecular flexibility index (Phi) is 9.90. The van der Waals surface area contributed by atoms with E-state index in [1.807, 2.05) is 44.2 Å². The maximum absolute atomic E-state index is 13.5. The largest absolute Gasteiger partial charge is 0.602 e. The molecule has 2 aromatic rings. The summed E-state index contributed by atoms with van der Waals surface area (Å²) in [4.78, 5) is 58.5. The van der Waals surface area contributed by atoms with Crippen molar-refractivity contribution < 1.29 is 38.3 Å². The molecule has 3 heterocycles. The number of ether oxygens (including phenoxy) is 1. The van der Waals surface area contributed by atoms with Crippen LogP contribution in [0.15, 0.2) is 48.5 Å². The molecule has 0 unspecified atom stereocenters. The summed E-state index contributed by atoms with van der Waals surface area (Å²) in [5.74, 6) is -2.97. The first-order chi connectivity index (χ1) is 19.5. The number of pyridine rings is 1. The normalized spacial score (nSPS) is 21.7. The smallest absolute Gasteiger partial charge is 0.498 e. The van der Waals surface area contributed by atoms with E-state index in [1.165, 1.54) is 13.0 Å². The zero-order valence-corrected chi connectivity index (χ0v) is 23.7. The van der Waals surface area contributed by atoms with E-state index in [9.17, 15) is 24.3 Å². The number of morpholine rings is 1. The fourth-order valence-corrected chi connectivity index (χ4v) is 5.11. The lowest BCUT2D eigenvalue weighted by molar-refractivity contribution is -0.166. The second-order valence-corrected chi connectivity index (χ2v) is 11.0. The van der Waals surface area contributed by atoms with Crippen molar-refractivity contribution in [2.75, 3.05) is 20.3 Å². The van der Waals surface area contributed by atoms with Crippen LogP contribution in [0, 0.1) is 5.92 Å². The highest BCUT2D eigenvalue weighted by Crippen LogP contribution is 2.30. The summed E-state index contributed by atoms with van der Waals surface area (Å²) in [6.07, 6.45) is -1.05. The Morgan fingerprint density at radius 2 is 1.66 bits per heavy atom. The molecule has 0 aliphatic carbocycles. The quantitative estimate of drug-likeness (QED) is 0.410. The van der Waals surface area contributed by atoms with Crippen molar-refractivity contribution in [2.45, 2.75) is 63.7 Å². The fraction of sp³-hybridized carbons (Fsp3) is 0.483. The Morgan fingerprint density at radius 3 is 2.24 bits per heavy atom. The average Bonchev–Trinajstić information content (AvgIpc) is 2.94. The molecule has 2 saturated heterocycles. The molecule has 0 saturated carbocycles. The van der Waals surface area contributed by atoms with Gasteiger partial charge in [-0.1, -0.05) is 50.2 Å². The monoisotopic (exact) mass is 565 g/mol. The molecule has 2 bridgehead atoms. The van der Waals surface area contributed by atoms with Crippen molar-refractivity contribution in [1.82, 2.24) is 15.2 Å². The van der Waals surface area contributed by atoms with E-state index in [4.69, 9.17) is 14.0 Å². The SMILES string of the molecule is CC(C)C[C@H](CC(=O)[C@@H](NC(=O)c1cccc(-c2ccccc2)n1)[C@@H](C)O)B1OC(=O)[C@H]2COC[C@H](C(=O)O1)N2C. The van der Waals surface area contributed by atoms with Crippen LogP contribution in [-0.4, -0.2) is 90.2 Å². The maximum Gasteiger partial charge on any atom is 0.602 e. The number of Topliss-reactive ketones (excluding diaryl/α,β-unsaturated/α-hetero) is 1. The number of benzene rings is 1. The number of carbonyl (C=O) groups is 4. The van der Waals surface area contributed by atoms with Gasteiger partial charge >= 0.3 is 19.1 Å². The average molecular weight is 565 g/mol. The summed E-state index contributed by atoms with van der Waals surface area (Å²) in [5.41, 5.74) is 1.50. The first-order valence-electron chi connectivity index (χ1n) is 13.8. The summed E-state index contributed by atoms with van der Waals surface area (Å²) in [5, 5.41) is 13.1. The number of carbonyl (C=O) groups excluding carboxylic acids is 4. The number of aromatic nitrogens is 1. The molecule has 12 heteroatoms. The summed E-state index contributed by atoms with van der Waals surface area (Å²) >= 11 is 0. The molecule has 2 aliphatic rings. The highest BCUT2D eigenvalue weighted by molar-refractivity contribution is 6.51. The number of aliphatic hydroxyl groups is 1. The lowest BCUT2D eigenvalue weighted by Crippen LogP contribution is -2.61. The molecule has 218 valence electrons. The van der Waals surface area contributed by atoms with E-state index < -0.39 is 60.8 Å². The number of ketones is 1. The van der Waals surface area contributed by atoms with Crippen LogP contribution >= 0.6 is 0 Å². The molecule has 0 spiro atoms.